The largest absolute Gasteiger partial charge is 0.310 e. The number of rotatable bonds is 6. The Kier molecular flexibility index (Phi) is 4.45. The summed E-state index contributed by atoms with van der Waals surface area (Å²) in [5.41, 5.74) is 2.83. The van der Waals surface area contributed by atoms with Gasteiger partial charge in [0.2, 0.25) is 0 Å². The molecule has 0 bridgehead atoms. The molecule has 1 heteroatoms. The Morgan fingerprint density at radius 2 is 1.56 bits per heavy atom. The van der Waals surface area contributed by atoms with Crippen molar-refractivity contribution < 1.29 is 0 Å². The topological polar surface area (TPSA) is 12.0 Å². The van der Waals surface area contributed by atoms with Crippen LogP contribution in [0.15, 0.2) is 24.3 Å². The van der Waals surface area contributed by atoms with Crippen LogP contribution in [0.1, 0.15) is 63.6 Å². The molecular weight excluding hydrogens is 218 g/mol. The first-order valence-corrected chi connectivity index (χ1v) is 7.41. The number of hydrogen-bond acceptors (Lipinski definition) is 1. The summed E-state index contributed by atoms with van der Waals surface area (Å²) in [6.45, 7) is 10.3. The molecule has 18 heavy (non-hydrogen) atoms. The van der Waals surface area contributed by atoms with Crippen molar-refractivity contribution >= 4 is 0 Å². The van der Waals surface area contributed by atoms with E-state index in [4.69, 9.17) is 0 Å². The van der Waals surface area contributed by atoms with Crippen LogP contribution in [0.5, 0.6) is 0 Å². The second-order valence-electron chi connectivity index (χ2n) is 6.27. The summed E-state index contributed by atoms with van der Waals surface area (Å²) in [6.07, 6.45) is 2.89. The maximum absolute atomic E-state index is 3.67. The molecular formula is C17H27N. The highest BCUT2D eigenvalue weighted by Crippen LogP contribution is 2.36. The zero-order valence-corrected chi connectivity index (χ0v) is 12.2. The fourth-order valence-corrected chi connectivity index (χ4v) is 2.48. The van der Waals surface area contributed by atoms with E-state index in [1.165, 1.54) is 24.0 Å². The molecule has 1 aromatic carbocycles. The van der Waals surface area contributed by atoms with E-state index >= 15 is 0 Å². The quantitative estimate of drug-likeness (QED) is 0.777. The zero-order valence-electron chi connectivity index (χ0n) is 12.2. The lowest BCUT2D eigenvalue weighted by Crippen LogP contribution is -2.25. The van der Waals surface area contributed by atoms with Crippen LogP contribution in [0, 0.1) is 11.8 Å². The first kappa shape index (κ1) is 13.6. The Morgan fingerprint density at radius 3 is 2.06 bits per heavy atom. The highest BCUT2D eigenvalue weighted by Gasteiger charge is 2.27. The molecule has 2 atom stereocenters. The monoisotopic (exact) mass is 245 g/mol. The maximum Gasteiger partial charge on any atom is 0.0291 e. The Balaban J connectivity index is 1.85. The molecule has 2 unspecified atom stereocenters. The molecule has 1 fully saturated rings. The molecule has 100 valence electrons. The molecule has 1 aromatic rings. The van der Waals surface area contributed by atoms with Crippen LogP contribution in [0.3, 0.4) is 0 Å². The average molecular weight is 245 g/mol. The normalized spacial score (nSPS) is 18.9. The zero-order chi connectivity index (χ0) is 13.1. The summed E-state index contributed by atoms with van der Waals surface area (Å²) in [5.74, 6) is 2.45. The lowest BCUT2D eigenvalue weighted by Gasteiger charge is -2.18. The van der Waals surface area contributed by atoms with E-state index in [0.717, 1.165) is 18.4 Å². The predicted octanol–water partition coefficient (Wildman–Crippen LogP) is 4.51. The summed E-state index contributed by atoms with van der Waals surface area (Å²) in [7, 11) is 0. The van der Waals surface area contributed by atoms with E-state index in [1.54, 1.807) is 0 Å². The summed E-state index contributed by atoms with van der Waals surface area (Å²) in [5, 5.41) is 3.67. The van der Waals surface area contributed by atoms with E-state index in [2.05, 4.69) is 57.3 Å². The van der Waals surface area contributed by atoms with Gasteiger partial charge in [-0.3, -0.25) is 0 Å². The maximum atomic E-state index is 3.67. The molecule has 1 aliphatic carbocycles. The average Bonchev–Trinajstić information content (AvgIpc) is 3.20. The lowest BCUT2D eigenvalue weighted by molar-refractivity contribution is 0.432. The van der Waals surface area contributed by atoms with Gasteiger partial charge in [0.15, 0.2) is 0 Å². The van der Waals surface area contributed by atoms with Crippen LogP contribution < -0.4 is 5.32 Å². The van der Waals surface area contributed by atoms with Gasteiger partial charge >= 0.3 is 0 Å². The Hall–Kier alpha value is -0.820. The van der Waals surface area contributed by atoms with Gasteiger partial charge in [0.1, 0.15) is 0 Å². The van der Waals surface area contributed by atoms with Gasteiger partial charge in [-0.25, -0.2) is 0 Å². The third kappa shape index (κ3) is 3.58. The van der Waals surface area contributed by atoms with Crippen LogP contribution in [0.4, 0.5) is 0 Å². The molecule has 0 spiro atoms. The fraction of sp³-hybridized carbons (Fsp3) is 0.647. The Bertz CT molecular complexity index is 362. The van der Waals surface area contributed by atoms with E-state index in [1.807, 2.05) is 0 Å². The van der Waals surface area contributed by atoms with Gasteiger partial charge < -0.3 is 5.32 Å². The third-order valence-electron chi connectivity index (χ3n) is 4.28. The second-order valence-corrected chi connectivity index (χ2v) is 6.27. The summed E-state index contributed by atoms with van der Waals surface area (Å²) < 4.78 is 0. The number of benzene rings is 1. The van der Waals surface area contributed by atoms with Crippen LogP contribution in [0.25, 0.3) is 0 Å². The van der Waals surface area contributed by atoms with E-state index < -0.39 is 0 Å². The smallest absolute Gasteiger partial charge is 0.0291 e. The Morgan fingerprint density at radius 1 is 1.00 bits per heavy atom. The van der Waals surface area contributed by atoms with Gasteiger partial charge in [-0.15, -0.1) is 0 Å². The minimum atomic E-state index is 0.465. The van der Waals surface area contributed by atoms with Crippen molar-refractivity contribution in [2.75, 3.05) is 6.54 Å². The van der Waals surface area contributed by atoms with Crippen molar-refractivity contribution in [3.63, 3.8) is 0 Å². The second kappa shape index (κ2) is 5.88. The van der Waals surface area contributed by atoms with Crippen LogP contribution in [0.2, 0.25) is 0 Å². The van der Waals surface area contributed by atoms with Crippen molar-refractivity contribution in [3.05, 3.63) is 35.4 Å². The first-order valence-electron chi connectivity index (χ1n) is 7.41. The van der Waals surface area contributed by atoms with Gasteiger partial charge in [-0.1, -0.05) is 45.0 Å². The van der Waals surface area contributed by atoms with Gasteiger partial charge in [0.25, 0.3) is 0 Å². The van der Waals surface area contributed by atoms with E-state index in [9.17, 15) is 0 Å². The predicted molar refractivity (Wildman–Crippen MR) is 78.8 cm³/mol. The molecule has 1 saturated carbocycles. The highest BCUT2D eigenvalue weighted by atomic mass is 14.9. The molecule has 1 aliphatic rings. The number of nitrogens with one attached hydrogen (secondary N) is 1. The minimum absolute atomic E-state index is 0.465. The highest BCUT2D eigenvalue weighted by molar-refractivity contribution is 5.26. The summed E-state index contributed by atoms with van der Waals surface area (Å²) in [6, 6.07) is 9.54. The molecule has 1 N–H and O–H groups in total. The first-order chi connectivity index (χ1) is 8.58. The van der Waals surface area contributed by atoms with Gasteiger partial charge in [-0.2, -0.15) is 0 Å². The SMILES string of the molecule is CC(C)c1ccc(C(C)NCC(C)C2CC2)cc1. The molecule has 2 rings (SSSR count). The lowest BCUT2D eigenvalue weighted by atomic mass is 9.99. The van der Waals surface area contributed by atoms with Crippen LogP contribution in [-0.4, -0.2) is 6.54 Å². The summed E-state index contributed by atoms with van der Waals surface area (Å²) >= 11 is 0. The molecule has 0 radical (unpaired) electrons. The van der Waals surface area contributed by atoms with E-state index in [0.29, 0.717) is 12.0 Å². The summed E-state index contributed by atoms with van der Waals surface area (Å²) in [4.78, 5) is 0. The van der Waals surface area contributed by atoms with E-state index in [-0.39, 0.29) is 0 Å². The molecule has 0 aromatic heterocycles. The van der Waals surface area contributed by atoms with Crippen molar-refractivity contribution in [2.45, 2.75) is 52.5 Å². The van der Waals surface area contributed by atoms with Crippen molar-refractivity contribution in [1.82, 2.24) is 5.32 Å². The van der Waals surface area contributed by atoms with Gasteiger partial charge in [-0.05, 0) is 55.2 Å². The molecule has 1 nitrogen and oxygen atoms in total. The van der Waals surface area contributed by atoms with Crippen LogP contribution >= 0.6 is 0 Å². The van der Waals surface area contributed by atoms with Crippen LogP contribution in [-0.2, 0) is 0 Å². The fourth-order valence-electron chi connectivity index (χ4n) is 2.48. The van der Waals surface area contributed by atoms with Crippen molar-refractivity contribution in [3.8, 4) is 0 Å². The van der Waals surface area contributed by atoms with Crippen molar-refractivity contribution in [1.29, 1.82) is 0 Å². The molecule has 0 amide bonds. The molecule has 0 aliphatic heterocycles. The standard InChI is InChI=1S/C17H27N/c1-12(2)15-5-9-17(10-6-15)14(4)18-11-13(3)16-7-8-16/h5-6,9-10,12-14,16,18H,7-8,11H2,1-4H3. The van der Waals surface area contributed by atoms with Gasteiger partial charge in [0.05, 0.1) is 0 Å². The molecule has 0 heterocycles. The third-order valence-corrected chi connectivity index (χ3v) is 4.28. The van der Waals surface area contributed by atoms with Gasteiger partial charge in [0, 0.05) is 6.04 Å². The molecule has 0 saturated heterocycles. The van der Waals surface area contributed by atoms with Crippen molar-refractivity contribution in [2.24, 2.45) is 11.8 Å². The minimum Gasteiger partial charge on any atom is -0.310 e. The Labute approximate surface area is 112 Å². The number of hydrogen-bond donors (Lipinski definition) is 1.